The number of aromatic nitrogens is 2. The van der Waals surface area contributed by atoms with Crippen LogP contribution in [0.15, 0.2) is 66.7 Å². The lowest BCUT2D eigenvalue weighted by Gasteiger charge is -2.06. The van der Waals surface area contributed by atoms with Gasteiger partial charge < -0.3 is 20.1 Å². The number of benzene rings is 3. The molecule has 0 aliphatic rings. The molecule has 0 aliphatic carbocycles. The van der Waals surface area contributed by atoms with E-state index >= 15 is 0 Å². The number of nitrogens with zero attached hydrogens (tertiary/aromatic N) is 1. The van der Waals surface area contributed by atoms with Crippen molar-refractivity contribution in [3.05, 3.63) is 77.9 Å². The summed E-state index contributed by atoms with van der Waals surface area (Å²) in [5.41, 5.74) is 4.08. The third-order valence-corrected chi connectivity index (χ3v) is 4.95. The molecule has 8 nitrogen and oxygen atoms in total. The molecule has 1 heterocycles. The minimum atomic E-state index is -0.369. The monoisotopic (exact) mass is 430 g/mol. The lowest BCUT2D eigenvalue weighted by atomic mass is 10.0. The summed E-state index contributed by atoms with van der Waals surface area (Å²) in [5, 5.41) is 14.1. The number of anilines is 1. The zero-order valence-corrected chi connectivity index (χ0v) is 17.4. The average Bonchev–Trinajstić information content (AvgIpc) is 3.26. The van der Waals surface area contributed by atoms with Crippen LogP contribution in [0, 0.1) is 0 Å². The van der Waals surface area contributed by atoms with E-state index in [4.69, 9.17) is 9.84 Å². The van der Waals surface area contributed by atoms with E-state index in [1.165, 1.54) is 0 Å². The molecule has 0 saturated carbocycles. The predicted octanol–water partition coefficient (Wildman–Crippen LogP) is 3.21. The highest BCUT2D eigenvalue weighted by atomic mass is 16.5. The Morgan fingerprint density at radius 3 is 2.31 bits per heavy atom. The highest BCUT2D eigenvalue weighted by Gasteiger charge is 2.16. The van der Waals surface area contributed by atoms with Crippen molar-refractivity contribution in [2.75, 3.05) is 25.6 Å². The van der Waals surface area contributed by atoms with Gasteiger partial charge in [0.1, 0.15) is 11.3 Å². The molecule has 4 N–H and O–H groups in total. The number of hydrogen-bond acceptors (Lipinski definition) is 5. The number of nitrogens with one attached hydrogen (secondary N) is 3. The van der Waals surface area contributed by atoms with Gasteiger partial charge in [-0.2, -0.15) is 0 Å². The molecule has 162 valence electrons. The number of H-pyrrole nitrogens is 1. The van der Waals surface area contributed by atoms with Crippen molar-refractivity contribution >= 4 is 28.8 Å². The van der Waals surface area contributed by atoms with Gasteiger partial charge in [-0.1, -0.05) is 30.3 Å². The molecule has 0 atom stereocenters. The molecule has 4 aromatic rings. The number of amides is 2. The number of ether oxygens (including phenoxy) is 1. The largest absolute Gasteiger partial charge is 0.494 e. The number of carbonyl (C=O) groups is 2. The first-order chi connectivity index (χ1) is 15.6. The van der Waals surface area contributed by atoms with Crippen molar-refractivity contribution in [1.29, 1.82) is 0 Å². The van der Waals surface area contributed by atoms with Crippen LogP contribution in [-0.2, 0) is 0 Å². The maximum Gasteiger partial charge on any atom is 0.257 e. The van der Waals surface area contributed by atoms with Crippen LogP contribution in [0.1, 0.15) is 20.7 Å². The van der Waals surface area contributed by atoms with Crippen molar-refractivity contribution in [3.63, 3.8) is 0 Å². The van der Waals surface area contributed by atoms with Crippen LogP contribution in [0.25, 0.3) is 22.2 Å². The van der Waals surface area contributed by atoms with E-state index in [0.717, 1.165) is 16.6 Å². The van der Waals surface area contributed by atoms with Crippen LogP contribution < -0.4 is 15.4 Å². The molecule has 8 heteroatoms. The number of hydrogen-bond donors (Lipinski definition) is 4. The van der Waals surface area contributed by atoms with Gasteiger partial charge in [-0.15, -0.1) is 0 Å². The summed E-state index contributed by atoms with van der Waals surface area (Å²) < 4.78 is 5.44. The molecule has 0 radical (unpaired) electrons. The van der Waals surface area contributed by atoms with E-state index < -0.39 is 0 Å². The van der Waals surface area contributed by atoms with Crippen LogP contribution in [0.3, 0.4) is 0 Å². The molecular formula is C24H22N4O4. The van der Waals surface area contributed by atoms with Gasteiger partial charge in [-0.25, -0.2) is 4.98 Å². The molecule has 0 spiro atoms. The topological polar surface area (TPSA) is 116 Å². The fraction of sp³-hybridized carbons (Fsp3) is 0.125. The van der Waals surface area contributed by atoms with Crippen molar-refractivity contribution in [1.82, 2.24) is 15.3 Å². The summed E-state index contributed by atoms with van der Waals surface area (Å²) >= 11 is 0. The number of imidazole rings is 1. The van der Waals surface area contributed by atoms with Gasteiger partial charge in [0.05, 0.1) is 19.2 Å². The van der Waals surface area contributed by atoms with Crippen molar-refractivity contribution in [3.8, 4) is 16.9 Å². The summed E-state index contributed by atoms with van der Waals surface area (Å²) in [6.45, 7) is 0.0298. The molecule has 3 aromatic carbocycles. The first kappa shape index (κ1) is 21.1. The van der Waals surface area contributed by atoms with Gasteiger partial charge in [0.25, 0.3) is 11.8 Å². The first-order valence-corrected chi connectivity index (χ1v) is 10.0. The lowest BCUT2D eigenvalue weighted by molar-refractivity contribution is 0.0943. The van der Waals surface area contributed by atoms with E-state index in [2.05, 4.69) is 20.6 Å². The standard InChI is InChI=1S/C24H22N4O4/c1-32-19-12-11-18(15-5-3-2-4-6-15)20-21(19)27-24(26-20)28-23(31)17-9-7-16(8-10-17)22(30)25-13-14-29/h2-12,29H,13-14H2,1H3,(H,25,30)(H2,26,27,28,31). The third kappa shape index (κ3) is 4.30. The minimum Gasteiger partial charge on any atom is -0.494 e. The predicted molar refractivity (Wildman–Crippen MR) is 122 cm³/mol. The third-order valence-electron chi connectivity index (χ3n) is 4.95. The Labute approximate surface area is 184 Å². The van der Waals surface area contributed by atoms with Crippen molar-refractivity contribution in [2.24, 2.45) is 0 Å². The van der Waals surface area contributed by atoms with E-state index in [9.17, 15) is 9.59 Å². The van der Waals surface area contributed by atoms with Crippen LogP contribution in [0.4, 0.5) is 5.95 Å². The smallest absolute Gasteiger partial charge is 0.257 e. The molecule has 1 aromatic heterocycles. The van der Waals surface area contributed by atoms with Crippen LogP contribution in [0.2, 0.25) is 0 Å². The quantitative estimate of drug-likeness (QED) is 0.359. The molecular weight excluding hydrogens is 408 g/mol. The maximum absolute atomic E-state index is 12.7. The fourth-order valence-electron chi connectivity index (χ4n) is 3.37. The number of aliphatic hydroxyl groups is 1. The summed E-state index contributed by atoms with van der Waals surface area (Å²) in [5.74, 6) is 0.196. The zero-order chi connectivity index (χ0) is 22.5. The second kappa shape index (κ2) is 9.32. The minimum absolute atomic E-state index is 0.138. The van der Waals surface area contributed by atoms with E-state index in [1.54, 1.807) is 31.4 Å². The van der Waals surface area contributed by atoms with Crippen LogP contribution in [0.5, 0.6) is 5.75 Å². The molecule has 0 fully saturated rings. The van der Waals surface area contributed by atoms with Gasteiger partial charge >= 0.3 is 0 Å². The maximum atomic E-state index is 12.7. The van der Waals surface area contributed by atoms with Gasteiger partial charge in [0, 0.05) is 23.2 Å². The normalized spacial score (nSPS) is 10.7. The van der Waals surface area contributed by atoms with E-state index in [0.29, 0.717) is 22.4 Å². The Bertz CT molecular complexity index is 1250. The summed E-state index contributed by atoms with van der Waals surface area (Å²) in [4.78, 5) is 32.3. The van der Waals surface area contributed by atoms with Crippen LogP contribution in [-0.4, -0.2) is 47.2 Å². The molecule has 2 amide bonds. The number of methoxy groups -OCH3 is 1. The average molecular weight is 430 g/mol. The molecule has 0 bridgehead atoms. The Balaban J connectivity index is 1.59. The van der Waals surface area contributed by atoms with Gasteiger partial charge in [-0.3, -0.25) is 14.9 Å². The van der Waals surface area contributed by atoms with E-state index in [-0.39, 0.29) is 30.9 Å². The van der Waals surface area contributed by atoms with Gasteiger partial charge in [0.15, 0.2) is 0 Å². The summed E-state index contributed by atoms with van der Waals surface area (Å²) in [7, 11) is 1.57. The van der Waals surface area contributed by atoms with Gasteiger partial charge in [-0.05, 0) is 42.0 Å². The summed E-state index contributed by atoms with van der Waals surface area (Å²) in [6, 6.07) is 19.9. The molecule has 0 aliphatic heterocycles. The number of carbonyl (C=O) groups excluding carboxylic acids is 2. The fourth-order valence-corrected chi connectivity index (χ4v) is 3.37. The SMILES string of the molecule is COc1ccc(-c2ccccc2)c2[nH]c(NC(=O)c3ccc(C(=O)NCCO)cc3)nc12. The number of fused-ring (bicyclic) bond motifs is 1. The highest BCUT2D eigenvalue weighted by molar-refractivity contribution is 6.05. The summed E-state index contributed by atoms with van der Waals surface area (Å²) in [6.07, 6.45) is 0. The van der Waals surface area contributed by atoms with Crippen LogP contribution >= 0.6 is 0 Å². The molecule has 0 saturated heterocycles. The second-order valence-corrected chi connectivity index (χ2v) is 7.00. The second-order valence-electron chi connectivity index (χ2n) is 7.00. The molecule has 32 heavy (non-hydrogen) atoms. The molecule has 0 unspecified atom stereocenters. The first-order valence-electron chi connectivity index (χ1n) is 10.0. The number of aliphatic hydroxyl groups excluding tert-OH is 1. The number of rotatable bonds is 7. The Morgan fingerprint density at radius 1 is 0.969 bits per heavy atom. The number of aromatic amines is 1. The Kier molecular flexibility index (Phi) is 6.14. The lowest BCUT2D eigenvalue weighted by Crippen LogP contribution is -2.26. The molecule has 4 rings (SSSR count). The Morgan fingerprint density at radius 2 is 1.66 bits per heavy atom. The van der Waals surface area contributed by atoms with Crippen molar-refractivity contribution in [2.45, 2.75) is 0 Å². The van der Waals surface area contributed by atoms with Crippen molar-refractivity contribution < 1.29 is 19.4 Å². The van der Waals surface area contributed by atoms with Gasteiger partial charge in [0.2, 0.25) is 5.95 Å². The zero-order valence-electron chi connectivity index (χ0n) is 17.4. The highest BCUT2D eigenvalue weighted by Crippen LogP contribution is 2.33. The van der Waals surface area contributed by atoms with E-state index in [1.807, 2.05) is 42.5 Å². The Hall–Kier alpha value is -4.17.